The number of carbonyl (C=O) groups is 1. The number of hydrogen-bond acceptors (Lipinski definition) is 7. The number of aromatic amines is 1. The normalized spacial score (nSPS) is 11.8. The maximum absolute atomic E-state index is 13.1. The second kappa shape index (κ2) is 9.41. The van der Waals surface area contributed by atoms with Gasteiger partial charge in [0.2, 0.25) is 15.9 Å². The zero-order valence-corrected chi connectivity index (χ0v) is 18.6. The van der Waals surface area contributed by atoms with Crippen LogP contribution in [0.15, 0.2) is 81.9 Å². The lowest BCUT2D eigenvalue weighted by atomic mass is 10.2. The molecule has 0 saturated carbocycles. The number of ether oxygens (including phenoxy) is 1. The number of methoxy groups -OCH3 is 1. The Labute approximate surface area is 194 Å². The topological polar surface area (TPSA) is 133 Å². The maximum Gasteiger partial charge on any atom is 0.337 e. The van der Waals surface area contributed by atoms with E-state index < -0.39 is 21.8 Å². The van der Waals surface area contributed by atoms with Crippen LogP contribution in [0.5, 0.6) is 5.88 Å². The van der Waals surface area contributed by atoms with Crippen LogP contribution in [0.3, 0.4) is 0 Å². The van der Waals surface area contributed by atoms with Gasteiger partial charge in [-0.2, -0.15) is 5.11 Å². The van der Waals surface area contributed by atoms with Crippen molar-refractivity contribution < 1.29 is 27.4 Å². The van der Waals surface area contributed by atoms with Crippen LogP contribution in [0.2, 0.25) is 0 Å². The lowest BCUT2D eigenvalue weighted by Gasteiger charge is -2.07. The molecule has 4 rings (SSSR count). The van der Waals surface area contributed by atoms with Crippen LogP contribution < -0.4 is 4.72 Å². The number of nitrogens with zero attached hydrogens (tertiary/aromatic N) is 2. The van der Waals surface area contributed by atoms with Crippen molar-refractivity contribution in [2.75, 3.05) is 7.11 Å². The first-order valence-electron chi connectivity index (χ1n) is 9.96. The number of fused-ring (bicyclic) bond motifs is 1. The number of aromatic nitrogens is 1. The van der Waals surface area contributed by atoms with Crippen LogP contribution in [-0.4, -0.2) is 31.6 Å². The Morgan fingerprint density at radius 1 is 1.09 bits per heavy atom. The van der Waals surface area contributed by atoms with Gasteiger partial charge in [0.1, 0.15) is 5.82 Å². The van der Waals surface area contributed by atoms with E-state index in [2.05, 4.69) is 24.7 Å². The van der Waals surface area contributed by atoms with Gasteiger partial charge in [0.25, 0.3) is 0 Å². The van der Waals surface area contributed by atoms with Crippen molar-refractivity contribution in [1.29, 1.82) is 0 Å². The third-order valence-electron chi connectivity index (χ3n) is 4.95. The van der Waals surface area contributed by atoms with E-state index in [0.29, 0.717) is 22.2 Å². The fourth-order valence-electron chi connectivity index (χ4n) is 3.20. The highest BCUT2D eigenvalue weighted by atomic mass is 32.2. The number of nitrogens with one attached hydrogen (secondary N) is 2. The molecule has 3 aromatic carbocycles. The number of rotatable bonds is 7. The highest BCUT2D eigenvalue weighted by Crippen LogP contribution is 2.37. The summed E-state index contributed by atoms with van der Waals surface area (Å²) in [6, 6.07) is 15.9. The lowest BCUT2D eigenvalue weighted by Crippen LogP contribution is -2.23. The maximum atomic E-state index is 13.1. The molecule has 0 amide bonds. The van der Waals surface area contributed by atoms with E-state index in [1.165, 1.54) is 55.6 Å². The second-order valence-electron chi connectivity index (χ2n) is 7.22. The van der Waals surface area contributed by atoms with Crippen molar-refractivity contribution >= 4 is 38.3 Å². The number of H-pyrrole nitrogens is 1. The number of benzene rings is 3. The van der Waals surface area contributed by atoms with Crippen molar-refractivity contribution in [3.8, 4) is 5.88 Å². The Bertz CT molecular complexity index is 1500. The Kier molecular flexibility index (Phi) is 6.39. The van der Waals surface area contributed by atoms with Crippen molar-refractivity contribution in [3.05, 3.63) is 83.7 Å². The molecule has 1 aromatic heterocycles. The molecule has 0 aliphatic rings. The van der Waals surface area contributed by atoms with Gasteiger partial charge in [0.15, 0.2) is 5.69 Å². The van der Waals surface area contributed by atoms with Gasteiger partial charge >= 0.3 is 5.97 Å². The van der Waals surface area contributed by atoms with Crippen LogP contribution >= 0.6 is 0 Å². The minimum atomic E-state index is -3.92. The van der Waals surface area contributed by atoms with Crippen LogP contribution in [0.25, 0.3) is 10.9 Å². The molecule has 174 valence electrons. The number of carbonyl (C=O) groups excluding carboxylic acids is 1. The molecular weight excluding hydrogens is 463 g/mol. The molecule has 0 fully saturated rings. The standard InChI is InChI=1S/C23H19FN4O5S/c1-33-23(30)15-3-2-4-17(11-15)27-28-21-19-12-18(9-10-20(19)26-22(21)29)34(31,32)25-13-14-5-7-16(24)8-6-14/h2-12,25-26,29H,13H2,1H3. The Morgan fingerprint density at radius 3 is 2.59 bits per heavy atom. The summed E-state index contributed by atoms with van der Waals surface area (Å²) in [5.41, 5.74) is 1.69. The zero-order valence-electron chi connectivity index (χ0n) is 17.8. The van der Waals surface area contributed by atoms with Gasteiger partial charge in [0.05, 0.1) is 28.8 Å². The van der Waals surface area contributed by atoms with E-state index >= 15 is 0 Å². The SMILES string of the molecule is COC(=O)c1cccc(N=Nc2c(O)[nH]c3ccc(S(=O)(=O)NCc4ccc(F)cc4)cc23)c1. The van der Waals surface area contributed by atoms with Crippen molar-refractivity contribution in [2.45, 2.75) is 11.4 Å². The largest absolute Gasteiger partial charge is 0.493 e. The summed E-state index contributed by atoms with van der Waals surface area (Å²) in [5, 5.41) is 18.7. The molecule has 0 aliphatic heterocycles. The van der Waals surface area contributed by atoms with E-state index in [1.54, 1.807) is 18.2 Å². The highest BCUT2D eigenvalue weighted by Gasteiger charge is 2.18. The van der Waals surface area contributed by atoms with E-state index in [1.807, 2.05) is 0 Å². The predicted octanol–water partition coefficient (Wildman–Crippen LogP) is 4.69. The van der Waals surface area contributed by atoms with Gasteiger partial charge in [-0.25, -0.2) is 22.3 Å². The first-order chi connectivity index (χ1) is 16.3. The van der Waals surface area contributed by atoms with Gasteiger partial charge in [-0.05, 0) is 54.1 Å². The molecule has 1 heterocycles. The van der Waals surface area contributed by atoms with Gasteiger partial charge in [-0.15, -0.1) is 5.11 Å². The van der Waals surface area contributed by atoms with Crippen molar-refractivity contribution in [2.24, 2.45) is 10.2 Å². The summed E-state index contributed by atoms with van der Waals surface area (Å²) in [6.07, 6.45) is 0. The molecule has 0 aliphatic carbocycles. The number of esters is 1. The Balaban J connectivity index is 1.62. The summed E-state index contributed by atoms with van der Waals surface area (Å²) in [6.45, 7) is -0.0257. The van der Waals surface area contributed by atoms with Crippen molar-refractivity contribution in [3.63, 3.8) is 0 Å². The minimum absolute atomic E-state index is 0.0257. The smallest absolute Gasteiger partial charge is 0.337 e. The van der Waals surface area contributed by atoms with Gasteiger partial charge < -0.3 is 14.8 Å². The summed E-state index contributed by atoms with van der Waals surface area (Å²) in [5.74, 6) is -1.24. The molecule has 34 heavy (non-hydrogen) atoms. The average Bonchev–Trinajstić information content (AvgIpc) is 3.16. The molecule has 0 saturated heterocycles. The quantitative estimate of drug-likeness (QED) is 0.260. The van der Waals surface area contributed by atoms with Gasteiger partial charge in [-0.1, -0.05) is 18.2 Å². The predicted molar refractivity (Wildman–Crippen MR) is 122 cm³/mol. The molecule has 3 N–H and O–H groups in total. The number of hydrogen-bond donors (Lipinski definition) is 3. The molecule has 0 radical (unpaired) electrons. The van der Waals surface area contributed by atoms with Crippen LogP contribution in [0, 0.1) is 5.82 Å². The molecule has 0 unspecified atom stereocenters. The molecular formula is C23H19FN4O5S. The van der Waals surface area contributed by atoms with E-state index in [-0.39, 0.29) is 28.6 Å². The van der Waals surface area contributed by atoms with E-state index in [0.717, 1.165) is 0 Å². The molecule has 0 spiro atoms. The molecule has 11 heteroatoms. The lowest BCUT2D eigenvalue weighted by molar-refractivity contribution is 0.0600. The van der Waals surface area contributed by atoms with Gasteiger partial charge in [0, 0.05) is 11.9 Å². The van der Waals surface area contributed by atoms with E-state index in [4.69, 9.17) is 0 Å². The third-order valence-corrected chi connectivity index (χ3v) is 6.35. The first kappa shape index (κ1) is 23.1. The Morgan fingerprint density at radius 2 is 1.85 bits per heavy atom. The minimum Gasteiger partial charge on any atom is -0.493 e. The molecule has 4 aromatic rings. The van der Waals surface area contributed by atoms with Crippen molar-refractivity contribution in [1.82, 2.24) is 9.71 Å². The monoisotopic (exact) mass is 482 g/mol. The second-order valence-corrected chi connectivity index (χ2v) is 8.99. The fraction of sp³-hybridized carbons (Fsp3) is 0.0870. The molecule has 0 bridgehead atoms. The third kappa shape index (κ3) is 4.95. The van der Waals surface area contributed by atoms with Gasteiger partial charge in [-0.3, -0.25) is 0 Å². The first-order valence-corrected chi connectivity index (χ1v) is 11.4. The number of halogens is 1. The summed E-state index contributed by atoms with van der Waals surface area (Å²) < 4.78 is 45.8. The zero-order chi connectivity index (χ0) is 24.3. The fourth-order valence-corrected chi connectivity index (χ4v) is 4.24. The van der Waals surface area contributed by atoms with Crippen LogP contribution in [0.1, 0.15) is 15.9 Å². The van der Waals surface area contributed by atoms with Crippen LogP contribution in [-0.2, 0) is 21.3 Å². The summed E-state index contributed by atoms with van der Waals surface area (Å²) in [4.78, 5) is 14.4. The molecule has 9 nitrogen and oxygen atoms in total. The summed E-state index contributed by atoms with van der Waals surface area (Å²) >= 11 is 0. The Hall–Kier alpha value is -4.09. The highest BCUT2D eigenvalue weighted by molar-refractivity contribution is 7.89. The van der Waals surface area contributed by atoms with E-state index in [9.17, 15) is 22.7 Å². The number of azo groups is 1. The summed E-state index contributed by atoms with van der Waals surface area (Å²) in [7, 11) is -2.65. The molecule has 0 atom stereocenters. The van der Waals surface area contributed by atoms with Crippen LogP contribution in [0.4, 0.5) is 15.8 Å². The number of sulfonamides is 1. The average molecular weight is 482 g/mol. The number of aromatic hydroxyl groups is 1.